The molecule has 0 spiro atoms. The maximum atomic E-state index is 13.8. The van der Waals surface area contributed by atoms with Crippen LogP contribution in [0.15, 0.2) is 59.2 Å². The first-order valence-electron chi connectivity index (χ1n) is 5.97. The van der Waals surface area contributed by atoms with Crippen LogP contribution < -0.4 is 0 Å². The minimum Gasteiger partial charge on any atom is -0.330 e. The Morgan fingerprint density at radius 2 is 1.75 bits per heavy atom. The lowest BCUT2D eigenvalue weighted by Gasteiger charge is -2.02. The standard InChI is InChI=1S/C15H10BrFN2S/c16-11-7-5-10(6-8-11)13-9-19(15(20)18-13)14-4-2-1-3-12(14)17/h1-9H,(H,18,20). The summed E-state index contributed by atoms with van der Waals surface area (Å²) in [4.78, 5) is 3.10. The number of imidazole rings is 1. The van der Waals surface area contributed by atoms with Crippen molar-refractivity contribution in [2.24, 2.45) is 0 Å². The molecule has 0 amide bonds. The van der Waals surface area contributed by atoms with E-state index in [1.165, 1.54) is 6.07 Å². The summed E-state index contributed by atoms with van der Waals surface area (Å²) in [6, 6.07) is 14.4. The van der Waals surface area contributed by atoms with E-state index >= 15 is 0 Å². The molecule has 100 valence electrons. The molecule has 0 fully saturated rings. The summed E-state index contributed by atoms with van der Waals surface area (Å²) in [6.45, 7) is 0. The highest BCUT2D eigenvalue weighted by Gasteiger charge is 2.08. The van der Waals surface area contributed by atoms with Crippen molar-refractivity contribution in [3.05, 3.63) is 69.8 Å². The van der Waals surface area contributed by atoms with E-state index in [1.54, 1.807) is 22.8 Å². The van der Waals surface area contributed by atoms with Crippen molar-refractivity contribution in [3.63, 3.8) is 0 Å². The van der Waals surface area contributed by atoms with E-state index in [2.05, 4.69) is 20.9 Å². The topological polar surface area (TPSA) is 20.7 Å². The lowest BCUT2D eigenvalue weighted by atomic mass is 10.2. The average molecular weight is 349 g/mol. The summed E-state index contributed by atoms with van der Waals surface area (Å²) in [5, 5.41) is 0. The van der Waals surface area contributed by atoms with Crippen molar-refractivity contribution >= 4 is 28.1 Å². The number of para-hydroxylation sites is 1. The number of halogens is 2. The fourth-order valence-electron chi connectivity index (χ4n) is 2.00. The first kappa shape index (κ1) is 13.3. The van der Waals surface area contributed by atoms with Gasteiger partial charge in [0.2, 0.25) is 0 Å². The molecular weight excluding hydrogens is 339 g/mol. The summed E-state index contributed by atoms with van der Waals surface area (Å²) in [6.07, 6.45) is 1.81. The van der Waals surface area contributed by atoms with Gasteiger partial charge in [-0.2, -0.15) is 0 Å². The van der Waals surface area contributed by atoms with Gasteiger partial charge in [-0.3, -0.25) is 4.57 Å². The Balaban J connectivity index is 2.10. The van der Waals surface area contributed by atoms with Gasteiger partial charge in [0.05, 0.1) is 11.4 Å². The molecule has 2 nitrogen and oxygen atoms in total. The van der Waals surface area contributed by atoms with Gasteiger partial charge in [0.1, 0.15) is 5.82 Å². The van der Waals surface area contributed by atoms with Crippen molar-refractivity contribution in [2.45, 2.75) is 0 Å². The van der Waals surface area contributed by atoms with Gasteiger partial charge in [-0.25, -0.2) is 4.39 Å². The summed E-state index contributed by atoms with van der Waals surface area (Å²) in [5.74, 6) is -0.301. The predicted molar refractivity (Wildman–Crippen MR) is 84.0 cm³/mol. The summed E-state index contributed by atoms with van der Waals surface area (Å²) < 4.78 is 16.9. The maximum Gasteiger partial charge on any atom is 0.182 e. The van der Waals surface area contributed by atoms with Crippen molar-refractivity contribution in [3.8, 4) is 16.9 Å². The molecule has 0 atom stereocenters. The highest BCUT2D eigenvalue weighted by Crippen LogP contribution is 2.23. The predicted octanol–water partition coefficient (Wildman–Crippen LogP) is 5.10. The van der Waals surface area contributed by atoms with Crippen LogP contribution in [0.4, 0.5) is 4.39 Å². The Kier molecular flexibility index (Phi) is 3.54. The molecule has 1 N–H and O–H groups in total. The number of aromatic nitrogens is 2. The third-order valence-corrected chi connectivity index (χ3v) is 3.81. The smallest absolute Gasteiger partial charge is 0.182 e. The SMILES string of the molecule is Fc1ccccc1-n1cc(-c2ccc(Br)cc2)[nH]c1=S. The van der Waals surface area contributed by atoms with E-state index < -0.39 is 0 Å². The Morgan fingerprint density at radius 1 is 1.05 bits per heavy atom. The van der Waals surface area contributed by atoms with Gasteiger partial charge in [0.25, 0.3) is 0 Å². The lowest BCUT2D eigenvalue weighted by molar-refractivity contribution is 0.617. The van der Waals surface area contributed by atoms with Gasteiger partial charge < -0.3 is 4.98 Å². The Labute approximate surface area is 129 Å². The molecule has 0 bridgehead atoms. The number of nitrogens with zero attached hydrogens (tertiary/aromatic N) is 1. The van der Waals surface area contributed by atoms with Crippen LogP contribution >= 0.6 is 28.1 Å². The second-order valence-electron chi connectivity index (χ2n) is 4.30. The van der Waals surface area contributed by atoms with E-state index in [4.69, 9.17) is 12.2 Å². The summed E-state index contributed by atoms with van der Waals surface area (Å²) in [5.41, 5.74) is 2.29. The number of hydrogen-bond acceptors (Lipinski definition) is 1. The molecule has 0 saturated carbocycles. The Morgan fingerprint density at radius 3 is 2.45 bits per heavy atom. The molecule has 0 aliphatic carbocycles. The molecule has 0 aliphatic heterocycles. The largest absolute Gasteiger partial charge is 0.330 e. The van der Waals surface area contributed by atoms with Crippen molar-refractivity contribution < 1.29 is 4.39 Å². The monoisotopic (exact) mass is 348 g/mol. The van der Waals surface area contributed by atoms with Gasteiger partial charge in [0.15, 0.2) is 4.77 Å². The summed E-state index contributed by atoms with van der Waals surface area (Å²) >= 11 is 8.67. The van der Waals surface area contributed by atoms with E-state index in [0.29, 0.717) is 10.5 Å². The van der Waals surface area contributed by atoms with Gasteiger partial charge in [0, 0.05) is 10.7 Å². The molecule has 3 rings (SSSR count). The van der Waals surface area contributed by atoms with Crippen molar-refractivity contribution in [1.29, 1.82) is 0 Å². The van der Waals surface area contributed by atoms with Crippen molar-refractivity contribution in [1.82, 2.24) is 9.55 Å². The maximum absolute atomic E-state index is 13.8. The highest BCUT2D eigenvalue weighted by atomic mass is 79.9. The fraction of sp³-hybridized carbons (Fsp3) is 0. The number of benzene rings is 2. The van der Waals surface area contributed by atoms with Gasteiger partial charge in [-0.1, -0.05) is 40.2 Å². The number of aromatic amines is 1. The molecule has 2 aromatic carbocycles. The van der Waals surface area contributed by atoms with Crippen LogP contribution in [-0.2, 0) is 0 Å². The van der Waals surface area contributed by atoms with E-state index in [-0.39, 0.29) is 5.82 Å². The van der Waals surface area contributed by atoms with Crippen LogP contribution in [0.3, 0.4) is 0 Å². The zero-order valence-corrected chi connectivity index (χ0v) is 12.7. The zero-order valence-electron chi connectivity index (χ0n) is 10.3. The van der Waals surface area contributed by atoms with E-state index in [0.717, 1.165) is 15.7 Å². The molecule has 1 aromatic heterocycles. The number of hydrogen-bond donors (Lipinski definition) is 1. The lowest BCUT2D eigenvalue weighted by Crippen LogP contribution is -1.95. The van der Waals surface area contributed by atoms with Crippen LogP contribution in [0.1, 0.15) is 0 Å². The third-order valence-electron chi connectivity index (χ3n) is 2.99. The van der Waals surface area contributed by atoms with Crippen LogP contribution in [-0.4, -0.2) is 9.55 Å². The average Bonchev–Trinajstić information content (AvgIpc) is 2.82. The van der Waals surface area contributed by atoms with Crippen LogP contribution in [0.5, 0.6) is 0 Å². The Hall–Kier alpha value is -1.72. The second kappa shape index (κ2) is 5.34. The zero-order chi connectivity index (χ0) is 14.1. The van der Waals surface area contributed by atoms with Gasteiger partial charge >= 0.3 is 0 Å². The second-order valence-corrected chi connectivity index (χ2v) is 5.60. The Bertz CT molecular complexity index is 805. The molecule has 0 saturated heterocycles. The highest BCUT2D eigenvalue weighted by molar-refractivity contribution is 9.10. The molecule has 3 aromatic rings. The van der Waals surface area contributed by atoms with E-state index in [1.807, 2.05) is 30.5 Å². The molecular formula is C15H10BrFN2S. The first-order valence-corrected chi connectivity index (χ1v) is 7.18. The minimum atomic E-state index is -0.301. The normalized spacial score (nSPS) is 10.7. The van der Waals surface area contributed by atoms with Crippen LogP contribution in [0.2, 0.25) is 0 Å². The first-order chi connectivity index (χ1) is 9.65. The fourth-order valence-corrected chi connectivity index (χ4v) is 2.52. The minimum absolute atomic E-state index is 0.301. The molecule has 0 radical (unpaired) electrons. The molecule has 0 unspecified atom stereocenters. The quantitative estimate of drug-likeness (QED) is 0.638. The van der Waals surface area contributed by atoms with Crippen LogP contribution in [0, 0.1) is 10.6 Å². The number of rotatable bonds is 2. The summed E-state index contributed by atoms with van der Waals surface area (Å²) in [7, 11) is 0. The van der Waals surface area contributed by atoms with E-state index in [9.17, 15) is 4.39 Å². The van der Waals surface area contributed by atoms with Crippen LogP contribution in [0.25, 0.3) is 16.9 Å². The molecule has 0 aliphatic rings. The number of nitrogens with one attached hydrogen (secondary N) is 1. The van der Waals surface area contributed by atoms with Gasteiger partial charge in [-0.05, 0) is 42.0 Å². The van der Waals surface area contributed by atoms with Gasteiger partial charge in [-0.15, -0.1) is 0 Å². The number of H-pyrrole nitrogens is 1. The molecule has 1 heterocycles. The molecule has 20 heavy (non-hydrogen) atoms. The van der Waals surface area contributed by atoms with Crippen molar-refractivity contribution in [2.75, 3.05) is 0 Å². The molecule has 5 heteroatoms. The third kappa shape index (κ3) is 2.46.